The molecule has 1 aliphatic heterocycles. The number of rotatable bonds is 8. The third-order valence-corrected chi connectivity index (χ3v) is 9.45. The van der Waals surface area contributed by atoms with Gasteiger partial charge in [-0.3, -0.25) is 14.0 Å². The van der Waals surface area contributed by atoms with Crippen LogP contribution in [0.2, 0.25) is 0 Å². The molecule has 12 nitrogen and oxygen atoms in total. The normalized spacial score (nSPS) is 14.0. The van der Waals surface area contributed by atoms with Crippen LogP contribution >= 0.6 is 34.0 Å². The number of ether oxygens (including phenoxy) is 1. The van der Waals surface area contributed by atoms with E-state index >= 15 is 0 Å². The molecule has 6 heterocycles. The van der Waals surface area contributed by atoms with Gasteiger partial charge in [0.25, 0.3) is 5.91 Å². The number of hydrogen-bond donors (Lipinski definition) is 3. The highest BCUT2D eigenvalue weighted by Crippen LogP contribution is 2.40. The Labute approximate surface area is 227 Å². The summed E-state index contributed by atoms with van der Waals surface area (Å²) in [6.07, 6.45) is 3.57. The number of hydrogen-bond acceptors (Lipinski definition) is 13. The van der Waals surface area contributed by atoms with Crippen molar-refractivity contribution in [2.24, 2.45) is 11.5 Å². The molecule has 0 saturated carbocycles. The molecule has 6 rings (SSSR count). The third-order valence-electron chi connectivity index (χ3n) is 6.08. The molecular weight excluding hydrogens is 547 g/mol. The van der Waals surface area contributed by atoms with Crippen molar-refractivity contribution in [2.75, 3.05) is 49.6 Å². The number of aromatic nitrogens is 5. The molecule has 5 N–H and O–H groups in total. The van der Waals surface area contributed by atoms with Crippen LogP contribution in [0.15, 0.2) is 28.8 Å². The highest BCUT2D eigenvalue weighted by molar-refractivity contribution is 7.29. The number of anilines is 2. The summed E-state index contributed by atoms with van der Waals surface area (Å²) in [6.45, 7) is 3.71. The quantitative estimate of drug-likeness (QED) is 0.251. The van der Waals surface area contributed by atoms with Gasteiger partial charge >= 0.3 is 0 Å². The molecule has 0 unspecified atom stereocenters. The highest BCUT2D eigenvalue weighted by atomic mass is 32.1. The standard InChI is InChI=1S/C23H23N9O3S3/c24-1-2-26-23-29-14(17(20(25)34)21-30-28-11-32(21)23)7-12-9-27-22(37-12)13-10-36-19-15(33)8-16(38-18(13)19)31-3-5-35-6-4-31/h8-11H,1-7,24H2,(H2,25,34)(H,26,29). The first-order valence-electron chi connectivity index (χ1n) is 11.8. The minimum Gasteiger partial charge on any atom is -0.378 e. The fourth-order valence-corrected chi connectivity index (χ4v) is 7.74. The zero-order valence-electron chi connectivity index (χ0n) is 20.0. The zero-order valence-corrected chi connectivity index (χ0v) is 22.5. The Hall–Kier alpha value is -3.50. The minimum atomic E-state index is -0.634. The summed E-state index contributed by atoms with van der Waals surface area (Å²) in [4.78, 5) is 37.7. The lowest BCUT2D eigenvalue weighted by atomic mass is 10.1. The van der Waals surface area contributed by atoms with E-state index < -0.39 is 5.91 Å². The molecule has 15 heteroatoms. The van der Waals surface area contributed by atoms with Gasteiger partial charge in [-0.1, -0.05) is 0 Å². The first-order chi connectivity index (χ1) is 18.5. The van der Waals surface area contributed by atoms with Gasteiger partial charge in [-0.25, -0.2) is 9.97 Å². The average Bonchev–Trinajstić information content (AvgIpc) is 3.67. The molecule has 0 bridgehead atoms. The second kappa shape index (κ2) is 10.3. The molecule has 5 aromatic heterocycles. The number of thiophene rings is 1. The number of primary amides is 1. The van der Waals surface area contributed by atoms with Gasteiger partial charge in [0.2, 0.25) is 5.95 Å². The van der Waals surface area contributed by atoms with Crippen LogP contribution in [-0.4, -0.2) is 69.9 Å². The van der Waals surface area contributed by atoms with Gasteiger partial charge < -0.3 is 26.4 Å². The van der Waals surface area contributed by atoms with Gasteiger partial charge in [-0.2, -0.15) is 0 Å². The van der Waals surface area contributed by atoms with Crippen molar-refractivity contribution in [3.8, 4) is 10.6 Å². The molecule has 1 aliphatic rings. The summed E-state index contributed by atoms with van der Waals surface area (Å²) < 4.78 is 8.71. The molecule has 0 aliphatic carbocycles. The summed E-state index contributed by atoms with van der Waals surface area (Å²) in [5.41, 5.74) is 13.3. The van der Waals surface area contributed by atoms with Crippen molar-refractivity contribution in [3.05, 3.63) is 50.3 Å². The van der Waals surface area contributed by atoms with Gasteiger partial charge in [0.15, 0.2) is 11.1 Å². The fourth-order valence-electron chi connectivity index (χ4n) is 4.31. The summed E-state index contributed by atoms with van der Waals surface area (Å²) in [6, 6.07) is 1.72. The van der Waals surface area contributed by atoms with Gasteiger partial charge in [0.1, 0.15) is 16.9 Å². The van der Waals surface area contributed by atoms with E-state index in [2.05, 4.69) is 30.4 Å². The largest absolute Gasteiger partial charge is 0.378 e. The van der Waals surface area contributed by atoms with E-state index in [0.717, 1.165) is 42.9 Å². The summed E-state index contributed by atoms with van der Waals surface area (Å²) in [5.74, 6) is -0.158. The molecule has 5 aromatic rings. The SMILES string of the molecule is NCCNc1nc(Cc2cnc(-c3csc4c(=O)cc(N5CCOCC5)sc34)s2)c(C(N)=O)c2nncn12. The zero-order chi connectivity index (χ0) is 26.2. The van der Waals surface area contributed by atoms with Crippen molar-refractivity contribution in [3.63, 3.8) is 0 Å². The Morgan fingerprint density at radius 2 is 2.05 bits per heavy atom. The van der Waals surface area contributed by atoms with Crippen LogP contribution in [0.4, 0.5) is 10.9 Å². The van der Waals surface area contributed by atoms with E-state index in [-0.39, 0.29) is 11.0 Å². The van der Waals surface area contributed by atoms with Crippen LogP contribution in [0.1, 0.15) is 20.9 Å². The second-order valence-electron chi connectivity index (χ2n) is 8.53. The topological polar surface area (TPSA) is 167 Å². The molecule has 38 heavy (non-hydrogen) atoms. The summed E-state index contributed by atoms with van der Waals surface area (Å²) in [5, 5.41) is 14.9. The first kappa shape index (κ1) is 24.8. The van der Waals surface area contributed by atoms with Crippen LogP contribution in [0, 0.1) is 0 Å². The van der Waals surface area contributed by atoms with E-state index in [1.165, 1.54) is 29.0 Å². The van der Waals surface area contributed by atoms with E-state index in [9.17, 15) is 9.59 Å². The van der Waals surface area contributed by atoms with E-state index in [1.54, 1.807) is 28.0 Å². The lowest BCUT2D eigenvalue weighted by Gasteiger charge is -2.28. The number of nitrogens with zero attached hydrogens (tertiary/aromatic N) is 6. The van der Waals surface area contributed by atoms with Crippen LogP contribution in [0.3, 0.4) is 0 Å². The van der Waals surface area contributed by atoms with Crippen molar-refractivity contribution >= 4 is 65.9 Å². The average molecular weight is 570 g/mol. The van der Waals surface area contributed by atoms with E-state index in [0.29, 0.717) is 50.0 Å². The highest BCUT2D eigenvalue weighted by Gasteiger charge is 2.22. The number of carbonyl (C=O) groups is 1. The summed E-state index contributed by atoms with van der Waals surface area (Å²) >= 11 is 4.53. The molecular formula is C23H23N9O3S3. The maximum Gasteiger partial charge on any atom is 0.254 e. The summed E-state index contributed by atoms with van der Waals surface area (Å²) in [7, 11) is 0. The van der Waals surface area contributed by atoms with Crippen molar-refractivity contribution in [1.82, 2.24) is 24.6 Å². The number of thiazole rings is 1. The van der Waals surface area contributed by atoms with Crippen LogP contribution in [-0.2, 0) is 11.2 Å². The van der Waals surface area contributed by atoms with E-state index in [1.807, 2.05) is 5.38 Å². The van der Waals surface area contributed by atoms with Gasteiger partial charge in [0.05, 0.1) is 33.3 Å². The number of nitrogens with two attached hydrogens (primary N) is 2. The number of nitrogens with one attached hydrogen (secondary N) is 1. The van der Waals surface area contributed by atoms with Crippen molar-refractivity contribution < 1.29 is 9.53 Å². The first-order valence-corrected chi connectivity index (χ1v) is 14.3. The number of fused-ring (bicyclic) bond motifs is 2. The molecule has 0 aromatic carbocycles. The Morgan fingerprint density at radius 1 is 1.21 bits per heavy atom. The van der Waals surface area contributed by atoms with Gasteiger partial charge in [-0.15, -0.1) is 44.2 Å². The molecule has 0 radical (unpaired) electrons. The minimum absolute atomic E-state index is 0.0164. The second-order valence-corrected chi connectivity index (χ2v) is 11.6. The fraction of sp³-hybridized carbons (Fsp3) is 0.304. The predicted octanol–water partition coefficient (Wildman–Crippen LogP) is 1.78. The predicted molar refractivity (Wildman–Crippen MR) is 150 cm³/mol. The molecule has 1 saturated heterocycles. The van der Waals surface area contributed by atoms with Crippen LogP contribution in [0.25, 0.3) is 25.6 Å². The Morgan fingerprint density at radius 3 is 2.84 bits per heavy atom. The Kier molecular flexibility index (Phi) is 6.75. The van der Waals surface area contributed by atoms with Crippen molar-refractivity contribution in [2.45, 2.75) is 6.42 Å². The Bertz CT molecular complexity index is 1700. The maximum absolute atomic E-state index is 12.9. The molecule has 1 fully saturated rings. The van der Waals surface area contributed by atoms with Crippen molar-refractivity contribution in [1.29, 1.82) is 0 Å². The van der Waals surface area contributed by atoms with Crippen LogP contribution in [0.5, 0.6) is 0 Å². The lowest BCUT2D eigenvalue weighted by molar-refractivity contribution is 0.1000. The lowest BCUT2D eigenvalue weighted by Crippen LogP contribution is -2.36. The number of morpholine rings is 1. The Balaban J connectivity index is 1.36. The number of carbonyl (C=O) groups excluding carboxylic acids is 1. The smallest absolute Gasteiger partial charge is 0.254 e. The third kappa shape index (κ3) is 4.52. The molecule has 196 valence electrons. The molecule has 1 amide bonds. The monoisotopic (exact) mass is 569 g/mol. The molecule has 0 spiro atoms. The van der Waals surface area contributed by atoms with Crippen LogP contribution < -0.4 is 27.1 Å². The van der Waals surface area contributed by atoms with E-state index in [4.69, 9.17) is 16.2 Å². The number of amides is 1. The van der Waals surface area contributed by atoms with Gasteiger partial charge in [-0.05, 0) is 0 Å². The van der Waals surface area contributed by atoms with Gasteiger partial charge in [0, 0.05) is 60.7 Å². The maximum atomic E-state index is 12.9. The molecule has 0 atom stereocenters.